The van der Waals surface area contributed by atoms with Crippen LogP contribution in [0.15, 0.2) is 47.1 Å². The topological polar surface area (TPSA) is 141 Å². The Morgan fingerprint density at radius 1 is 1.14 bits per heavy atom. The molecule has 13 atom stereocenters. The zero-order valence-electron chi connectivity index (χ0n) is 30.3. The summed E-state index contributed by atoms with van der Waals surface area (Å²) in [4.78, 5) is 27.4. The number of aliphatic hydroxyl groups excluding tert-OH is 2. The van der Waals surface area contributed by atoms with Gasteiger partial charge in [0.05, 0.1) is 24.7 Å². The van der Waals surface area contributed by atoms with Gasteiger partial charge in [0.2, 0.25) is 5.79 Å². The van der Waals surface area contributed by atoms with Gasteiger partial charge >= 0.3 is 11.9 Å². The predicted molar refractivity (Wildman–Crippen MR) is 183 cm³/mol. The van der Waals surface area contributed by atoms with Gasteiger partial charge in [-0.3, -0.25) is 9.59 Å². The van der Waals surface area contributed by atoms with Gasteiger partial charge in [0, 0.05) is 18.8 Å². The van der Waals surface area contributed by atoms with E-state index in [0.29, 0.717) is 36.8 Å². The molecule has 0 radical (unpaired) electrons. The van der Waals surface area contributed by atoms with Gasteiger partial charge in [0.1, 0.15) is 42.0 Å². The summed E-state index contributed by atoms with van der Waals surface area (Å²) in [6.07, 6.45) is 8.27. The van der Waals surface area contributed by atoms with Crippen molar-refractivity contribution < 1.29 is 48.6 Å². The summed E-state index contributed by atoms with van der Waals surface area (Å²) in [5, 5.41) is 35.3. The van der Waals surface area contributed by atoms with Crippen LogP contribution in [0.2, 0.25) is 0 Å². The van der Waals surface area contributed by atoms with E-state index in [9.17, 15) is 24.9 Å². The Hall–Kier alpha value is -2.34. The van der Waals surface area contributed by atoms with Crippen molar-refractivity contribution in [3.8, 4) is 0 Å². The second-order valence-electron chi connectivity index (χ2n) is 15.3. The van der Waals surface area contributed by atoms with E-state index in [1.807, 2.05) is 32.9 Å². The number of carbonyl (C=O) groups excluding carboxylic acids is 2. The van der Waals surface area contributed by atoms with Gasteiger partial charge in [-0.15, -0.1) is 0 Å². The summed E-state index contributed by atoms with van der Waals surface area (Å²) in [6, 6.07) is 0. The molecule has 10 heteroatoms. The Labute approximate surface area is 291 Å². The molecule has 4 aliphatic heterocycles. The van der Waals surface area contributed by atoms with E-state index in [1.54, 1.807) is 19.1 Å². The Bertz CT molecular complexity index is 1330. The fraction of sp³-hybridized carbons (Fsp3) is 0.744. The predicted octanol–water partition coefficient (Wildman–Crippen LogP) is 5.24. The molecular formula is C39H58O10. The van der Waals surface area contributed by atoms with Crippen molar-refractivity contribution in [2.45, 2.75) is 154 Å². The summed E-state index contributed by atoms with van der Waals surface area (Å²) < 4.78 is 31.6. The van der Waals surface area contributed by atoms with Crippen LogP contribution < -0.4 is 0 Å². The average molecular weight is 687 g/mol. The third-order valence-electron chi connectivity index (χ3n) is 11.3. The average Bonchev–Trinajstić information content (AvgIpc) is 3.40. The fourth-order valence-corrected chi connectivity index (χ4v) is 8.32. The number of hydrogen-bond acceptors (Lipinski definition) is 10. The van der Waals surface area contributed by atoms with E-state index in [0.717, 1.165) is 24.8 Å². The normalized spacial score (nSPS) is 42.0. The lowest BCUT2D eigenvalue weighted by molar-refractivity contribution is -0.385. The fourth-order valence-electron chi connectivity index (χ4n) is 8.32. The lowest BCUT2D eigenvalue weighted by Crippen LogP contribution is -2.67. The molecule has 0 amide bonds. The first-order valence-corrected chi connectivity index (χ1v) is 18.4. The van der Waals surface area contributed by atoms with Gasteiger partial charge in [-0.1, -0.05) is 83.4 Å². The molecule has 0 saturated carbocycles. The maximum Gasteiger partial charge on any atom is 0.316 e. The zero-order valence-corrected chi connectivity index (χ0v) is 30.3. The molecule has 2 bridgehead atoms. The number of esters is 2. The summed E-state index contributed by atoms with van der Waals surface area (Å²) in [6.45, 7) is 13.8. The number of fused-ring (bicyclic) bond motifs is 2. The van der Waals surface area contributed by atoms with Gasteiger partial charge in [0.15, 0.2) is 0 Å². The molecule has 5 aliphatic rings. The summed E-state index contributed by atoms with van der Waals surface area (Å²) in [5.41, 5.74) is 0.360. The molecule has 0 aromatic rings. The number of hydrogen-bond donors (Lipinski definition) is 3. The number of carbonyl (C=O) groups is 2. The molecule has 0 aromatic carbocycles. The van der Waals surface area contributed by atoms with Crippen LogP contribution in [0.5, 0.6) is 0 Å². The van der Waals surface area contributed by atoms with E-state index >= 15 is 0 Å². The highest BCUT2D eigenvalue weighted by Gasteiger charge is 2.62. The molecule has 49 heavy (non-hydrogen) atoms. The van der Waals surface area contributed by atoms with E-state index in [4.69, 9.17) is 23.7 Å². The standard InChI is InChI=1S/C39H58O10/c1-8-10-13-24(5)36(42)47-33-26(7)31(9-2)49-38(34(33)41)20-29-19-28(48-38)16-15-23(4)17-22(3)12-11-14-27-21-45-35-32(40)25(6)18-30(37(43)46-29)39(27,35)44/h11-12,14-15,18,22,24,26,28-35,40-41,44H,8-10,13,16-17,19-21H2,1-7H3. The maximum atomic E-state index is 14.2. The van der Waals surface area contributed by atoms with E-state index in [1.165, 1.54) is 0 Å². The van der Waals surface area contributed by atoms with Crippen LogP contribution in [-0.4, -0.2) is 88.0 Å². The smallest absolute Gasteiger partial charge is 0.316 e. The highest BCUT2D eigenvalue weighted by molar-refractivity contribution is 5.78. The number of ether oxygens (including phenoxy) is 5. The molecule has 1 spiro atoms. The van der Waals surface area contributed by atoms with Gasteiger partial charge in [0.25, 0.3) is 0 Å². The van der Waals surface area contributed by atoms with Crippen LogP contribution in [0.25, 0.3) is 0 Å². The van der Waals surface area contributed by atoms with Crippen LogP contribution in [0.3, 0.4) is 0 Å². The van der Waals surface area contributed by atoms with Gasteiger partial charge in [-0.2, -0.15) is 0 Å². The number of unbranched alkanes of at least 4 members (excludes halogenated alkanes) is 1. The van der Waals surface area contributed by atoms with Crippen LogP contribution in [0.4, 0.5) is 0 Å². The minimum atomic E-state index is -1.81. The highest BCUT2D eigenvalue weighted by atomic mass is 16.7. The Morgan fingerprint density at radius 2 is 1.90 bits per heavy atom. The zero-order chi connectivity index (χ0) is 35.7. The minimum absolute atomic E-state index is 0.0145. The molecule has 1 aliphatic carbocycles. The third kappa shape index (κ3) is 7.65. The second-order valence-corrected chi connectivity index (χ2v) is 15.3. The lowest BCUT2D eigenvalue weighted by Gasteiger charge is -2.54. The van der Waals surface area contributed by atoms with Crippen LogP contribution >= 0.6 is 0 Å². The second kappa shape index (κ2) is 15.5. The molecule has 4 heterocycles. The largest absolute Gasteiger partial charge is 0.462 e. The molecule has 5 rings (SSSR count). The molecule has 10 nitrogen and oxygen atoms in total. The van der Waals surface area contributed by atoms with Gasteiger partial charge in [-0.05, 0) is 56.6 Å². The molecular weight excluding hydrogens is 628 g/mol. The van der Waals surface area contributed by atoms with Crippen LogP contribution in [-0.2, 0) is 33.3 Å². The summed E-state index contributed by atoms with van der Waals surface area (Å²) >= 11 is 0. The van der Waals surface area contributed by atoms with Gasteiger partial charge in [-0.25, -0.2) is 0 Å². The van der Waals surface area contributed by atoms with Crippen molar-refractivity contribution in [1.29, 1.82) is 0 Å². The first kappa shape index (κ1) is 37.9. The van der Waals surface area contributed by atoms with Crippen molar-refractivity contribution in [2.24, 2.45) is 23.7 Å². The van der Waals surface area contributed by atoms with Crippen molar-refractivity contribution in [1.82, 2.24) is 0 Å². The van der Waals surface area contributed by atoms with Crippen LogP contribution in [0, 0.1) is 23.7 Å². The molecule has 274 valence electrons. The van der Waals surface area contributed by atoms with Crippen LogP contribution in [0.1, 0.15) is 99.8 Å². The number of aliphatic hydroxyl groups is 3. The first-order valence-electron chi connectivity index (χ1n) is 18.4. The number of allylic oxidation sites excluding steroid dienone is 4. The molecule has 13 unspecified atom stereocenters. The Morgan fingerprint density at radius 3 is 2.61 bits per heavy atom. The summed E-state index contributed by atoms with van der Waals surface area (Å²) in [7, 11) is 0. The lowest BCUT2D eigenvalue weighted by atomic mass is 9.71. The Kier molecular flexibility index (Phi) is 12.0. The van der Waals surface area contributed by atoms with Crippen molar-refractivity contribution >= 4 is 11.9 Å². The minimum Gasteiger partial charge on any atom is -0.462 e. The molecule has 3 saturated heterocycles. The highest BCUT2D eigenvalue weighted by Crippen LogP contribution is 2.48. The van der Waals surface area contributed by atoms with Crippen molar-refractivity contribution in [3.63, 3.8) is 0 Å². The molecule has 0 aromatic heterocycles. The third-order valence-corrected chi connectivity index (χ3v) is 11.3. The Balaban J connectivity index is 1.51. The monoisotopic (exact) mass is 686 g/mol. The van der Waals surface area contributed by atoms with Crippen molar-refractivity contribution in [3.05, 3.63) is 47.1 Å². The number of rotatable bonds is 6. The quantitative estimate of drug-likeness (QED) is 0.251. The maximum absolute atomic E-state index is 14.2. The van der Waals surface area contributed by atoms with E-state index in [2.05, 4.69) is 26.8 Å². The molecule has 3 fully saturated rings. The summed E-state index contributed by atoms with van der Waals surface area (Å²) in [5.74, 6) is -4.19. The van der Waals surface area contributed by atoms with Crippen molar-refractivity contribution in [2.75, 3.05) is 6.61 Å². The van der Waals surface area contributed by atoms with E-state index in [-0.39, 0.29) is 42.9 Å². The SMILES string of the molecule is CCCCC(C)C(=O)OC1C(C)C(CC)OC2(CC3CC(CC=C(C)CC(C)C=CC=C4COC5C(O)C(C)=CC(C(=O)O3)C45O)O2)C1O. The first-order chi connectivity index (χ1) is 23.2. The van der Waals surface area contributed by atoms with Gasteiger partial charge < -0.3 is 39.0 Å². The molecule has 3 N–H and O–H groups in total. The van der Waals surface area contributed by atoms with E-state index < -0.39 is 59.9 Å².